The Morgan fingerprint density at radius 1 is 0.727 bits per heavy atom. The van der Waals surface area contributed by atoms with Gasteiger partial charge < -0.3 is 9.45 Å². The van der Waals surface area contributed by atoms with E-state index in [4.69, 9.17) is 0 Å². The first-order valence-corrected chi connectivity index (χ1v) is 14.8. The molecule has 0 spiro atoms. The Hall–Kier alpha value is 0.756. The molecule has 0 saturated heterocycles. The summed E-state index contributed by atoms with van der Waals surface area (Å²) in [5.41, 5.74) is 0. The van der Waals surface area contributed by atoms with Crippen LogP contribution in [0.5, 0.6) is 0 Å². The second-order valence-corrected chi connectivity index (χ2v) is 10.7. The van der Waals surface area contributed by atoms with Crippen molar-refractivity contribution in [2.75, 3.05) is 19.3 Å². The minimum Gasteiger partial charge on any atom is -0.748 e. The van der Waals surface area contributed by atoms with Crippen molar-refractivity contribution in [3.63, 3.8) is 0 Å². The molecular weight excluding hydrogens is 461 g/mol. The molecule has 0 atom stereocenters. The van der Waals surface area contributed by atoms with E-state index in [1.54, 1.807) is 7.05 Å². The zero-order valence-corrected chi connectivity index (χ0v) is 25.9. The standard InChI is InChI=1S/C26H51NO4S.K/c1-3-4-5-6-7-8-9-10-11-12-13-14-15-16-17-18-19-20-21-23-26(28)27(2)24-22-25-32(29,30)31;/h12-13H,3-11,14-25H2,1-2H3,(H,29,30,31);/q;+1/p-1/b13-12+;. The molecule has 0 saturated carbocycles. The number of unbranched alkanes of at least 4 members (excludes halogenated alkanes) is 15. The van der Waals surface area contributed by atoms with Gasteiger partial charge in [-0.15, -0.1) is 0 Å². The van der Waals surface area contributed by atoms with Crippen LogP contribution in [-0.4, -0.2) is 43.1 Å². The first-order valence-electron chi connectivity index (χ1n) is 13.2. The number of hydrogen-bond donors (Lipinski definition) is 0. The second-order valence-electron chi connectivity index (χ2n) is 9.18. The van der Waals surface area contributed by atoms with Crippen molar-refractivity contribution < 1.29 is 69.1 Å². The van der Waals surface area contributed by atoms with Crippen LogP contribution < -0.4 is 51.4 Å². The Kier molecular flexibility index (Phi) is 28.1. The van der Waals surface area contributed by atoms with Crippen LogP contribution in [0.4, 0.5) is 0 Å². The summed E-state index contributed by atoms with van der Waals surface area (Å²) in [6.45, 7) is 2.59. The van der Waals surface area contributed by atoms with Crippen LogP contribution in [0.3, 0.4) is 0 Å². The second kappa shape index (κ2) is 25.8. The van der Waals surface area contributed by atoms with E-state index >= 15 is 0 Å². The molecule has 0 aromatic rings. The first kappa shape index (κ1) is 35.9. The summed E-state index contributed by atoms with van der Waals surface area (Å²) >= 11 is 0. The molecule has 190 valence electrons. The molecule has 0 bridgehead atoms. The van der Waals surface area contributed by atoms with Gasteiger partial charge in [-0.05, 0) is 38.5 Å². The van der Waals surface area contributed by atoms with Gasteiger partial charge in [0.05, 0.1) is 10.1 Å². The van der Waals surface area contributed by atoms with E-state index in [0.29, 0.717) is 13.0 Å². The zero-order chi connectivity index (χ0) is 23.9. The van der Waals surface area contributed by atoms with E-state index in [1.165, 1.54) is 101 Å². The molecule has 0 radical (unpaired) electrons. The van der Waals surface area contributed by atoms with Crippen LogP contribution in [0.25, 0.3) is 0 Å². The van der Waals surface area contributed by atoms with E-state index < -0.39 is 15.9 Å². The Morgan fingerprint density at radius 2 is 1.15 bits per heavy atom. The summed E-state index contributed by atoms with van der Waals surface area (Å²) in [6.07, 6.45) is 27.1. The van der Waals surface area contributed by atoms with Crippen LogP contribution >= 0.6 is 0 Å². The predicted octanol–water partition coefficient (Wildman–Crippen LogP) is 3.98. The molecule has 0 aliphatic heterocycles. The molecule has 0 rings (SSSR count). The van der Waals surface area contributed by atoms with Gasteiger partial charge in [0, 0.05) is 25.8 Å². The van der Waals surface area contributed by atoms with E-state index in [0.717, 1.165) is 12.8 Å². The van der Waals surface area contributed by atoms with Gasteiger partial charge >= 0.3 is 51.4 Å². The van der Waals surface area contributed by atoms with Crippen molar-refractivity contribution >= 4 is 16.0 Å². The summed E-state index contributed by atoms with van der Waals surface area (Å²) in [4.78, 5) is 13.5. The summed E-state index contributed by atoms with van der Waals surface area (Å²) in [7, 11) is -2.51. The largest absolute Gasteiger partial charge is 1.00 e. The van der Waals surface area contributed by atoms with E-state index in [9.17, 15) is 17.8 Å². The molecular formula is C26H50KNO4S. The molecule has 0 aromatic carbocycles. The van der Waals surface area contributed by atoms with Gasteiger partial charge in [-0.2, -0.15) is 0 Å². The van der Waals surface area contributed by atoms with Crippen molar-refractivity contribution in [3.05, 3.63) is 12.2 Å². The van der Waals surface area contributed by atoms with E-state index in [2.05, 4.69) is 19.1 Å². The molecule has 0 aromatic heterocycles. The maximum Gasteiger partial charge on any atom is 1.00 e. The Bertz CT molecular complexity index is 567. The zero-order valence-electron chi connectivity index (χ0n) is 22.0. The Morgan fingerprint density at radius 3 is 1.61 bits per heavy atom. The molecule has 0 N–H and O–H groups in total. The van der Waals surface area contributed by atoms with Gasteiger partial charge in [-0.25, -0.2) is 8.42 Å². The molecule has 33 heavy (non-hydrogen) atoms. The average Bonchev–Trinajstić information content (AvgIpc) is 2.74. The molecule has 0 fully saturated rings. The number of rotatable bonds is 23. The van der Waals surface area contributed by atoms with Crippen LogP contribution in [0.15, 0.2) is 12.2 Å². The summed E-state index contributed by atoms with van der Waals surface area (Å²) in [5, 5.41) is 0. The smallest absolute Gasteiger partial charge is 0.748 e. The molecule has 1 amide bonds. The summed E-state index contributed by atoms with van der Waals surface area (Å²) in [5.74, 6) is -0.369. The quantitative estimate of drug-likeness (QED) is 0.0900. The van der Waals surface area contributed by atoms with Crippen molar-refractivity contribution in [2.24, 2.45) is 0 Å². The molecule has 0 unspecified atom stereocenters. The van der Waals surface area contributed by atoms with E-state index in [1.807, 2.05) is 0 Å². The third-order valence-corrected chi connectivity index (χ3v) is 6.75. The summed E-state index contributed by atoms with van der Waals surface area (Å²) in [6, 6.07) is 0. The molecule has 0 aliphatic rings. The van der Waals surface area contributed by atoms with Crippen LogP contribution in [0.1, 0.15) is 129 Å². The fraction of sp³-hybridized carbons (Fsp3) is 0.885. The third-order valence-electron chi connectivity index (χ3n) is 5.97. The molecule has 0 heterocycles. The molecule has 5 nitrogen and oxygen atoms in total. The normalized spacial score (nSPS) is 11.6. The first-order chi connectivity index (χ1) is 15.4. The number of amides is 1. The number of carbonyl (C=O) groups excluding carboxylic acids is 1. The van der Waals surface area contributed by atoms with E-state index in [-0.39, 0.29) is 63.7 Å². The van der Waals surface area contributed by atoms with Crippen LogP contribution in [-0.2, 0) is 14.9 Å². The van der Waals surface area contributed by atoms with Crippen LogP contribution in [0, 0.1) is 0 Å². The minimum atomic E-state index is -4.18. The van der Waals surface area contributed by atoms with Crippen molar-refractivity contribution in [2.45, 2.75) is 129 Å². The maximum absolute atomic E-state index is 12.0. The fourth-order valence-electron chi connectivity index (χ4n) is 3.85. The van der Waals surface area contributed by atoms with Crippen molar-refractivity contribution in [1.82, 2.24) is 4.90 Å². The summed E-state index contributed by atoms with van der Waals surface area (Å²) < 4.78 is 31.7. The Balaban J connectivity index is 0. The maximum atomic E-state index is 12.0. The number of hydrogen-bond acceptors (Lipinski definition) is 4. The van der Waals surface area contributed by atoms with Gasteiger partial charge in [0.25, 0.3) is 0 Å². The van der Waals surface area contributed by atoms with Gasteiger partial charge in [-0.1, -0.05) is 96.1 Å². The topological polar surface area (TPSA) is 77.5 Å². The number of nitrogens with zero attached hydrogens (tertiary/aromatic N) is 1. The van der Waals surface area contributed by atoms with Gasteiger partial charge in [0.2, 0.25) is 5.91 Å². The number of allylic oxidation sites excluding steroid dienone is 2. The monoisotopic (exact) mass is 511 g/mol. The predicted molar refractivity (Wildman–Crippen MR) is 135 cm³/mol. The van der Waals surface area contributed by atoms with Gasteiger partial charge in [0.1, 0.15) is 0 Å². The third kappa shape index (κ3) is 28.9. The van der Waals surface area contributed by atoms with Gasteiger partial charge in [-0.3, -0.25) is 4.79 Å². The van der Waals surface area contributed by atoms with Crippen molar-refractivity contribution in [3.8, 4) is 0 Å². The molecule has 7 heteroatoms. The number of carbonyl (C=O) groups is 1. The van der Waals surface area contributed by atoms with Gasteiger partial charge in [0.15, 0.2) is 0 Å². The fourth-order valence-corrected chi connectivity index (χ4v) is 4.33. The minimum absolute atomic E-state index is 0. The van der Waals surface area contributed by atoms with Crippen molar-refractivity contribution in [1.29, 1.82) is 0 Å². The van der Waals surface area contributed by atoms with Crippen LogP contribution in [0.2, 0.25) is 0 Å². The molecule has 0 aliphatic carbocycles. The Labute approximate surface area is 248 Å². The SMILES string of the molecule is CCCCCCCCCC/C=C/CCCCCCCCCC(=O)N(C)CCCS(=O)(=O)[O-].[K+]. The average molecular weight is 512 g/mol.